The van der Waals surface area contributed by atoms with Crippen molar-refractivity contribution >= 4 is 18.1 Å². The fourth-order valence-electron chi connectivity index (χ4n) is 0.763. The molecule has 0 radical (unpaired) electrons. The quantitative estimate of drug-likeness (QED) is 0.637. The Morgan fingerprint density at radius 1 is 1.33 bits per heavy atom. The first-order chi connectivity index (χ1) is 5.72. The molecule has 1 N–H and O–H groups in total. The van der Waals surface area contributed by atoms with E-state index in [9.17, 15) is 14.7 Å². The van der Waals surface area contributed by atoms with Gasteiger partial charge in [0.15, 0.2) is 0 Å². The van der Waals surface area contributed by atoms with E-state index in [1.54, 1.807) is 0 Å². The van der Waals surface area contributed by atoms with Crippen LogP contribution in [0, 0.1) is 0 Å². The lowest BCUT2D eigenvalue weighted by Crippen LogP contribution is -2.28. The summed E-state index contributed by atoms with van der Waals surface area (Å²) in [7, 11) is 0. The van der Waals surface area contributed by atoms with E-state index in [0.29, 0.717) is 17.5 Å². The van der Waals surface area contributed by atoms with Crippen LogP contribution in [0.4, 0.5) is 10.5 Å². The number of carboxylic acid groups (broad SMARTS) is 1. The molecule has 62 valence electrons. The zero-order valence-electron chi connectivity index (χ0n) is 6.11. The highest BCUT2D eigenvalue weighted by Gasteiger charge is 1.91. The largest absolute Gasteiger partial charge is 0.530 e. The molecule has 0 aliphatic heterocycles. The van der Waals surface area contributed by atoms with Gasteiger partial charge in [0.25, 0.3) is 0 Å². The molecule has 4 nitrogen and oxygen atoms in total. The topological polar surface area (TPSA) is 69.2 Å². The van der Waals surface area contributed by atoms with Crippen molar-refractivity contribution in [3.63, 3.8) is 0 Å². The second kappa shape index (κ2) is 3.52. The highest BCUT2D eigenvalue weighted by atomic mass is 16.4. The number of aldehydes is 1. The molecule has 0 fully saturated rings. The molecule has 0 aliphatic rings. The maximum absolute atomic E-state index is 10.2. The van der Waals surface area contributed by atoms with Gasteiger partial charge in [0, 0.05) is 11.3 Å². The highest BCUT2D eigenvalue weighted by Crippen LogP contribution is 2.06. The molecule has 0 aliphatic carbocycles. The van der Waals surface area contributed by atoms with Gasteiger partial charge >= 0.3 is 0 Å². The Balaban J connectivity index is 2.77. The average molecular weight is 164 g/mol. The van der Waals surface area contributed by atoms with Gasteiger partial charge in [-0.05, 0) is 24.3 Å². The van der Waals surface area contributed by atoms with Crippen molar-refractivity contribution in [2.75, 3.05) is 5.32 Å². The van der Waals surface area contributed by atoms with E-state index in [0.717, 1.165) is 0 Å². The number of hydrogen-bond acceptors (Lipinski definition) is 3. The van der Waals surface area contributed by atoms with Crippen molar-refractivity contribution in [2.45, 2.75) is 0 Å². The van der Waals surface area contributed by atoms with Crippen LogP contribution in [0.25, 0.3) is 0 Å². The van der Waals surface area contributed by atoms with Crippen LogP contribution in [-0.4, -0.2) is 12.4 Å². The smallest absolute Gasteiger partial charge is 0.150 e. The molecular formula is C8H6NO3-. The zero-order chi connectivity index (χ0) is 8.97. The number of amides is 1. The Morgan fingerprint density at radius 2 is 1.92 bits per heavy atom. The number of rotatable bonds is 2. The average Bonchev–Trinajstić information content (AvgIpc) is 2.05. The lowest BCUT2D eigenvalue weighted by atomic mass is 10.2. The molecule has 0 saturated heterocycles. The van der Waals surface area contributed by atoms with E-state index in [4.69, 9.17) is 0 Å². The van der Waals surface area contributed by atoms with E-state index in [-0.39, 0.29) is 0 Å². The Labute approximate surface area is 68.8 Å². The fraction of sp³-hybridized carbons (Fsp3) is 0. The van der Waals surface area contributed by atoms with Crippen molar-refractivity contribution in [3.05, 3.63) is 29.8 Å². The van der Waals surface area contributed by atoms with Crippen LogP contribution in [0.1, 0.15) is 10.4 Å². The third-order valence-electron chi connectivity index (χ3n) is 1.29. The minimum atomic E-state index is -1.37. The Kier molecular flexibility index (Phi) is 2.42. The van der Waals surface area contributed by atoms with Crippen molar-refractivity contribution in [1.82, 2.24) is 0 Å². The Hall–Kier alpha value is -1.84. The van der Waals surface area contributed by atoms with Crippen LogP contribution in [0.5, 0.6) is 0 Å². The van der Waals surface area contributed by atoms with Crippen molar-refractivity contribution in [1.29, 1.82) is 0 Å². The second-order valence-electron chi connectivity index (χ2n) is 2.15. The molecule has 0 bridgehead atoms. The van der Waals surface area contributed by atoms with Gasteiger partial charge in [-0.15, -0.1) is 0 Å². The molecule has 1 amide bonds. The summed E-state index contributed by atoms with van der Waals surface area (Å²) in [6.07, 6.45) is -0.683. The molecule has 0 unspecified atom stereocenters. The van der Waals surface area contributed by atoms with Crippen molar-refractivity contribution in [2.24, 2.45) is 0 Å². The summed E-state index contributed by atoms with van der Waals surface area (Å²) >= 11 is 0. The molecule has 1 rings (SSSR count). The van der Waals surface area contributed by atoms with Crippen LogP contribution >= 0.6 is 0 Å². The molecule has 1 aromatic rings. The number of benzene rings is 1. The summed E-state index contributed by atoms with van der Waals surface area (Å²) in [6.45, 7) is 0. The first kappa shape index (κ1) is 8.26. The van der Waals surface area contributed by atoms with Gasteiger partial charge in [-0.1, -0.05) is 0 Å². The third kappa shape index (κ3) is 2.09. The summed E-state index contributed by atoms with van der Waals surface area (Å²) in [4.78, 5) is 20.2. The summed E-state index contributed by atoms with van der Waals surface area (Å²) in [5, 5.41) is 12.1. The van der Waals surface area contributed by atoms with E-state index in [1.807, 2.05) is 5.32 Å². The lowest BCUT2D eigenvalue weighted by molar-refractivity contribution is -0.242. The maximum Gasteiger partial charge on any atom is 0.150 e. The molecule has 1 aromatic carbocycles. The number of anilines is 1. The van der Waals surface area contributed by atoms with E-state index in [1.165, 1.54) is 24.3 Å². The predicted octanol–water partition coefficient (Wildman–Crippen LogP) is 0.254. The van der Waals surface area contributed by atoms with Gasteiger partial charge in [0.2, 0.25) is 0 Å². The molecule has 12 heavy (non-hydrogen) atoms. The minimum Gasteiger partial charge on any atom is -0.530 e. The third-order valence-corrected chi connectivity index (χ3v) is 1.29. The first-order valence-electron chi connectivity index (χ1n) is 3.25. The molecular weight excluding hydrogens is 158 g/mol. The molecule has 0 spiro atoms. The maximum atomic E-state index is 10.2. The Bertz CT molecular complexity index is 292. The van der Waals surface area contributed by atoms with Gasteiger partial charge in [0.1, 0.15) is 12.4 Å². The van der Waals surface area contributed by atoms with Crippen molar-refractivity contribution in [3.8, 4) is 0 Å². The summed E-state index contributed by atoms with van der Waals surface area (Å²) in [6, 6.07) is 6.00. The second-order valence-corrected chi connectivity index (χ2v) is 2.15. The SMILES string of the molecule is O=Cc1ccc(NC(=O)[O-])cc1. The number of carbonyl (C=O) groups excluding carboxylic acids is 2. The van der Waals surface area contributed by atoms with Crippen LogP contribution in [0.15, 0.2) is 24.3 Å². The first-order valence-corrected chi connectivity index (χ1v) is 3.25. The van der Waals surface area contributed by atoms with E-state index in [2.05, 4.69) is 0 Å². The van der Waals surface area contributed by atoms with Crippen LogP contribution in [-0.2, 0) is 0 Å². The molecule has 0 saturated carbocycles. The summed E-state index contributed by atoms with van der Waals surface area (Å²) in [5.74, 6) is 0. The van der Waals surface area contributed by atoms with Crippen molar-refractivity contribution < 1.29 is 14.7 Å². The monoisotopic (exact) mass is 164 g/mol. The summed E-state index contributed by atoms with van der Waals surface area (Å²) in [5.41, 5.74) is 0.888. The number of carbonyl (C=O) groups is 2. The number of nitrogens with one attached hydrogen (secondary N) is 1. The minimum absolute atomic E-state index is 0.389. The van der Waals surface area contributed by atoms with Gasteiger partial charge in [-0.2, -0.15) is 0 Å². The lowest BCUT2D eigenvalue weighted by Gasteiger charge is -2.05. The standard InChI is InChI=1S/C8H7NO3/c10-5-6-1-3-7(4-2-6)9-8(11)12/h1-5,9H,(H,11,12)/p-1. The van der Waals surface area contributed by atoms with E-state index < -0.39 is 6.09 Å². The zero-order valence-corrected chi connectivity index (χ0v) is 6.11. The normalized spacial score (nSPS) is 9.00. The van der Waals surface area contributed by atoms with Gasteiger partial charge in [-0.25, -0.2) is 0 Å². The fourth-order valence-corrected chi connectivity index (χ4v) is 0.763. The van der Waals surface area contributed by atoms with Gasteiger partial charge < -0.3 is 15.2 Å². The predicted molar refractivity (Wildman–Crippen MR) is 40.8 cm³/mol. The molecule has 0 heterocycles. The highest BCUT2D eigenvalue weighted by molar-refractivity contribution is 5.82. The molecule has 0 atom stereocenters. The van der Waals surface area contributed by atoms with Gasteiger partial charge in [-0.3, -0.25) is 4.79 Å². The summed E-state index contributed by atoms with van der Waals surface area (Å²) < 4.78 is 0. The van der Waals surface area contributed by atoms with Crippen LogP contribution < -0.4 is 10.4 Å². The number of hydrogen-bond donors (Lipinski definition) is 1. The van der Waals surface area contributed by atoms with E-state index >= 15 is 0 Å². The molecule has 0 aromatic heterocycles. The Morgan fingerprint density at radius 3 is 2.33 bits per heavy atom. The van der Waals surface area contributed by atoms with Gasteiger partial charge in [0.05, 0.1) is 0 Å². The van der Waals surface area contributed by atoms with Crippen LogP contribution in [0.3, 0.4) is 0 Å². The molecule has 4 heteroatoms. The van der Waals surface area contributed by atoms with Crippen LogP contribution in [0.2, 0.25) is 0 Å².